The second-order valence-electron chi connectivity index (χ2n) is 1.60. The van der Waals surface area contributed by atoms with Gasteiger partial charge in [-0.1, -0.05) is 6.92 Å². The molecule has 0 bridgehead atoms. The second-order valence-corrected chi connectivity index (χ2v) is 1.60. The van der Waals surface area contributed by atoms with Crippen molar-refractivity contribution in [1.29, 1.82) is 0 Å². The maximum Gasteiger partial charge on any atom is 0.207 e. The summed E-state index contributed by atoms with van der Waals surface area (Å²) < 4.78 is 0. The predicted molar refractivity (Wildman–Crippen MR) is 31.8 cm³/mol. The summed E-state index contributed by atoms with van der Waals surface area (Å²) in [5.74, 6) is 0. The average Bonchev–Trinajstić information content (AvgIpc) is 1.65. The molecule has 0 fully saturated rings. The van der Waals surface area contributed by atoms with Gasteiger partial charge in [0, 0.05) is 14.1 Å². The Morgan fingerprint density at radius 2 is 1.86 bits per heavy atom. The van der Waals surface area contributed by atoms with Crippen molar-refractivity contribution in [2.24, 2.45) is 0 Å². The topological polar surface area (TPSA) is 6.48 Å². The Bertz CT molecular complexity index is 47.0. The average molecular weight is 98.0 g/mol. The molecule has 0 aliphatic heterocycles. The van der Waals surface area contributed by atoms with Gasteiger partial charge in [-0.05, 0) is 6.54 Å². The first-order valence-electron chi connectivity index (χ1n) is 2.38. The van der Waals surface area contributed by atoms with Gasteiger partial charge in [0.25, 0.3) is 0 Å². The summed E-state index contributed by atoms with van der Waals surface area (Å²) in [6, 6.07) is 0. The van der Waals surface area contributed by atoms with Gasteiger partial charge < -0.3 is 0 Å². The van der Waals surface area contributed by atoms with E-state index in [0.29, 0.717) is 0 Å². The summed E-state index contributed by atoms with van der Waals surface area (Å²) in [7, 11) is 9.19. The fourth-order valence-electron chi connectivity index (χ4n) is 0.283. The van der Waals surface area contributed by atoms with Crippen molar-refractivity contribution < 1.29 is 0 Å². The molecule has 40 valence electrons. The van der Waals surface area contributed by atoms with Crippen LogP contribution in [-0.4, -0.2) is 38.6 Å². The number of hydrogen-bond donors (Lipinski definition) is 0. The van der Waals surface area contributed by atoms with E-state index in [4.69, 9.17) is 7.98 Å². The molecule has 2 radical (unpaired) electrons. The van der Waals surface area contributed by atoms with Gasteiger partial charge in [0.05, 0.1) is 0 Å². The van der Waals surface area contributed by atoms with E-state index in [2.05, 4.69) is 0 Å². The quantitative estimate of drug-likeness (QED) is 0.350. The molecule has 2 nitrogen and oxygen atoms in total. The van der Waals surface area contributed by atoms with Crippen LogP contribution in [0, 0.1) is 0 Å². The molecule has 0 saturated heterocycles. The molecule has 0 aliphatic carbocycles. The molecular formula is C4H11BN2. The van der Waals surface area contributed by atoms with E-state index in [9.17, 15) is 0 Å². The van der Waals surface area contributed by atoms with Gasteiger partial charge in [0.2, 0.25) is 7.98 Å². The van der Waals surface area contributed by atoms with Crippen molar-refractivity contribution >= 4 is 7.98 Å². The summed E-state index contributed by atoms with van der Waals surface area (Å²) in [6.07, 6.45) is 0. The first kappa shape index (κ1) is 6.98. The van der Waals surface area contributed by atoms with E-state index in [1.807, 2.05) is 26.0 Å². The largest absolute Gasteiger partial charge is 0.296 e. The SMILES string of the molecule is [B]N(CC)N(C)C. The molecule has 0 heterocycles. The van der Waals surface area contributed by atoms with Crippen LogP contribution in [0.4, 0.5) is 0 Å². The lowest BCUT2D eigenvalue weighted by Crippen LogP contribution is -2.33. The number of rotatable bonds is 2. The van der Waals surface area contributed by atoms with Crippen LogP contribution in [0.15, 0.2) is 0 Å². The van der Waals surface area contributed by atoms with Gasteiger partial charge in [-0.3, -0.25) is 9.93 Å². The molecule has 3 heteroatoms. The van der Waals surface area contributed by atoms with Gasteiger partial charge in [0.15, 0.2) is 0 Å². The van der Waals surface area contributed by atoms with Gasteiger partial charge >= 0.3 is 0 Å². The molecule has 7 heavy (non-hydrogen) atoms. The molecule has 0 unspecified atom stereocenters. The lowest BCUT2D eigenvalue weighted by atomic mass is 10.4. The molecule has 0 aromatic carbocycles. The predicted octanol–water partition coefficient (Wildman–Crippen LogP) is -0.132. The smallest absolute Gasteiger partial charge is 0.207 e. The Labute approximate surface area is 46.5 Å². The fourth-order valence-corrected chi connectivity index (χ4v) is 0.283. The van der Waals surface area contributed by atoms with Gasteiger partial charge in [-0.2, -0.15) is 0 Å². The van der Waals surface area contributed by atoms with Crippen LogP contribution in [0.2, 0.25) is 0 Å². The highest BCUT2D eigenvalue weighted by atomic mass is 15.6. The Hall–Kier alpha value is -0.0151. The summed E-state index contributed by atoms with van der Waals surface area (Å²) in [5.41, 5.74) is 0. The van der Waals surface area contributed by atoms with Crippen molar-refractivity contribution in [2.45, 2.75) is 6.92 Å². The van der Waals surface area contributed by atoms with E-state index < -0.39 is 0 Å². The van der Waals surface area contributed by atoms with E-state index in [1.54, 1.807) is 4.92 Å². The fraction of sp³-hybridized carbons (Fsp3) is 1.00. The molecule has 0 spiro atoms. The molecule has 0 amide bonds. The molecule has 0 atom stereocenters. The minimum absolute atomic E-state index is 0.854. The van der Waals surface area contributed by atoms with E-state index in [1.165, 1.54) is 0 Å². The normalized spacial score (nSPS) is 11.0. The van der Waals surface area contributed by atoms with Gasteiger partial charge in [0.1, 0.15) is 0 Å². The highest BCUT2D eigenvalue weighted by molar-refractivity contribution is 6.03. The van der Waals surface area contributed by atoms with E-state index in [-0.39, 0.29) is 0 Å². The molecule has 0 aromatic heterocycles. The van der Waals surface area contributed by atoms with Crippen LogP contribution in [-0.2, 0) is 0 Å². The lowest BCUT2D eigenvalue weighted by Gasteiger charge is -2.22. The van der Waals surface area contributed by atoms with Crippen molar-refractivity contribution in [2.75, 3.05) is 20.6 Å². The monoisotopic (exact) mass is 98.1 g/mol. The molecule has 0 aliphatic rings. The zero-order chi connectivity index (χ0) is 5.86. The third kappa shape index (κ3) is 2.65. The highest BCUT2D eigenvalue weighted by Gasteiger charge is 1.91. The van der Waals surface area contributed by atoms with Crippen LogP contribution in [0.3, 0.4) is 0 Å². The third-order valence-corrected chi connectivity index (χ3v) is 0.838. The van der Waals surface area contributed by atoms with Gasteiger partial charge in [-0.15, -0.1) is 0 Å². The molecule has 0 N–H and O–H groups in total. The number of hydrogen-bond acceptors (Lipinski definition) is 2. The maximum absolute atomic E-state index is 5.38. The van der Waals surface area contributed by atoms with Crippen LogP contribution >= 0.6 is 0 Å². The summed E-state index contributed by atoms with van der Waals surface area (Å²) in [4.78, 5) is 1.62. The molecule has 0 rings (SSSR count). The summed E-state index contributed by atoms with van der Waals surface area (Å²) >= 11 is 0. The summed E-state index contributed by atoms with van der Waals surface area (Å²) in [5, 5.41) is 1.83. The number of nitrogens with zero attached hydrogens (tertiary/aromatic N) is 2. The Morgan fingerprint density at radius 1 is 1.43 bits per heavy atom. The molecular weight excluding hydrogens is 86.9 g/mol. The first-order valence-corrected chi connectivity index (χ1v) is 2.38. The first-order chi connectivity index (χ1) is 3.18. The van der Waals surface area contributed by atoms with Gasteiger partial charge in [-0.25, -0.2) is 0 Å². The summed E-state index contributed by atoms with van der Waals surface area (Å²) in [6.45, 7) is 2.85. The zero-order valence-electron chi connectivity index (χ0n) is 5.18. The van der Waals surface area contributed by atoms with Crippen molar-refractivity contribution in [3.8, 4) is 0 Å². The molecule has 0 aromatic rings. The van der Waals surface area contributed by atoms with Crippen LogP contribution in [0.1, 0.15) is 6.92 Å². The minimum Gasteiger partial charge on any atom is -0.296 e. The van der Waals surface area contributed by atoms with Crippen molar-refractivity contribution in [3.63, 3.8) is 0 Å². The highest BCUT2D eigenvalue weighted by Crippen LogP contribution is 1.79. The molecule has 0 saturated carbocycles. The minimum atomic E-state index is 0.854. The van der Waals surface area contributed by atoms with Crippen molar-refractivity contribution in [1.82, 2.24) is 9.93 Å². The standard InChI is InChI=1S/C4H11BN2/c1-4-7(5)6(2)3/h4H2,1-3H3. The van der Waals surface area contributed by atoms with Crippen molar-refractivity contribution in [3.05, 3.63) is 0 Å². The van der Waals surface area contributed by atoms with E-state index >= 15 is 0 Å². The lowest BCUT2D eigenvalue weighted by molar-refractivity contribution is 0.138. The number of hydrazine groups is 1. The zero-order valence-corrected chi connectivity index (χ0v) is 5.18. The van der Waals surface area contributed by atoms with Crippen LogP contribution < -0.4 is 0 Å². The Balaban J connectivity index is 3.14. The third-order valence-electron chi connectivity index (χ3n) is 0.838. The Morgan fingerprint density at radius 3 is 1.86 bits per heavy atom. The van der Waals surface area contributed by atoms with Crippen LogP contribution in [0.25, 0.3) is 0 Å². The van der Waals surface area contributed by atoms with Crippen LogP contribution in [0.5, 0.6) is 0 Å². The Kier molecular flexibility index (Phi) is 3.04. The maximum atomic E-state index is 5.38. The van der Waals surface area contributed by atoms with E-state index in [0.717, 1.165) is 6.54 Å². The second kappa shape index (κ2) is 3.05.